The normalized spacial score (nSPS) is 18.7. The Balaban J connectivity index is 0.000000130. The van der Waals surface area contributed by atoms with E-state index in [0.29, 0.717) is 68.2 Å². The van der Waals surface area contributed by atoms with Gasteiger partial charge in [-0.05, 0) is 77.9 Å². The van der Waals surface area contributed by atoms with Crippen molar-refractivity contribution in [3.05, 3.63) is 127 Å². The highest BCUT2D eigenvalue weighted by Crippen LogP contribution is 2.36. The number of aliphatic hydroxyl groups is 3. The lowest BCUT2D eigenvalue weighted by Gasteiger charge is -2.14. The number of hydrogen-bond acceptors (Lipinski definition) is 21. The fourth-order valence-corrected chi connectivity index (χ4v) is 12.1. The lowest BCUT2D eigenvalue weighted by molar-refractivity contribution is 0.0882. The highest BCUT2D eigenvalue weighted by molar-refractivity contribution is 6.03. The van der Waals surface area contributed by atoms with Gasteiger partial charge in [-0.25, -0.2) is 29.9 Å². The van der Waals surface area contributed by atoms with Crippen molar-refractivity contribution in [3.63, 3.8) is 0 Å². The molecule has 15 rings (SSSR count). The van der Waals surface area contributed by atoms with Gasteiger partial charge in [0.1, 0.15) is 51.1 Å². The van der Waals surface area contributed by atoms with Gasteiger partial charge in [0.15, 0.2) is 16.9 Å². The van der Waals surface area contributed by atoms with Gasteiger partial charge in [-0.15, -0.1) is 0 Å². The molecule has 0 bridgehead atoms. The summed E-state index contributed by atoms with van der Waals surface area (Å²) in [5.41, 5.74) is 9.79. The van der Waals surface area contributed by atoms with E-state index in [1.807, 2.05) is 73.2 Å². The van der Waals surface area contributed by atoms with Crippen LogP contribution in [0.3, 0.4) is 0 Å². The van der Waals surface area contributed by atoms with Crippen molar-refractivity contribution >= 4 is 85.2 Å². The van der Waals surface area contributed by atoms with Crippen LogP contribution in [0.25, 0.3) is 83.8 Å². The molecule has 0 saturated carbocycles. The Labute approximate surface area is 549 Å². The Bertz CT molecular complexity index is 4410. The molecule has 3 aliphatic heterocycles. The summed E-state index contributed by atoms with van der Waals surface area (Å²) < 4.78 is 26.8. The fourth-order valence-electron chi connectivity index (χ4n) is 12.1. The molecule has 30 nitrogen and oxygen atoms in total. The van der Waals surface area contributed by atoms with Crippen molar-refractivity contribution in [3.8, 4) is 33.8 Å². The molecule has 0 spiro atoms. The number of rotatable bonds is 15. The van der Waals surface area contributed by atoms with Crippen molar-refractivity contribution in [2.75, 3.05) is 76.7 Å². The minimum absolute atomic E-state index is 0.208. The van der Waals surface area contributed by atoms with Gasteiger partial charge in [0.05, 0.1) is 112 Å². The maximum Gasteiger partial charge on any atom is 0.257 e. The van der Waals surface area contributed by atoms with Crippen LogP contribution in [-0.4, -0.2) is 203 Å². The van der Waals surface area contributed by atoms with Crippen molar-refractivity contribution in [1.29, 1.82) is 0 Å². The lowest BCUT2D eigenvalue weighted by Crippen LogP contribution is -2.42. The number of carbonyl (C=O) groups is 3. The number of aromatic nitrogens is 15. The molecule has 0 aromatic carbocycles. The summed E-state index contributed by atoms with van der Waals surface area (Å²) in [6.45, 7) is 14.1. The van der Waals surface area contributed by atoms with Gasteiger partial charge in [0.2, 0.25) is 0 Å². The minimum atomic E-state index is -0.730. The van der Waals surface area contributed by atoms with Crippen molar-refractivity contribution in [2.45, 2.75) is 96.1 Å². The number of hydrogen-bond donors (Lipinski definition) is 9. The van der Waals surface area contributed by atoms with Crippen LogP contribution >= 0.6 is 0 Å². The van der Waals surface area contributed by atoms with Crippen LogP contribution in [0.15, 0.2) is 110 Å². The van der Waals surface area contributed by atoms with E-state index in [9.17, 15) is 29.7 Å². The minimum Gasteiger partial charge on any atom is -0.388 e. The number of nitrogens with one attached hydrogen (secondary N) is 6. The van der Waals surface area contributed by atoms with Crippen LogP contribution in [0.2, 0.25) is 0 Å². The van der Waals surface area contributed by atoms with E-state index >= 15 is 0 Å². The molecule has 15 heterocycles. The Morgan fingerprint density at radius 2 is 0.719 bits per heavy atom. The van der Waals surface area contributed by atoms with E-state index in [1.54, 1.807) is 53.3 Å². The largest absolute Gasteiger partial charge is 0.388 e. The lowest BCUT2D eigenvalue weighted by atomic mass is 10.1. The number of nitrogens with zero attached hydrogens (tertiary/aromatic N) is 15. The average molecular weight is 1310 g/mol. The number of aliphatic hydroxyl groups excluding tert-OH is 3. The van der Waals surface area contributed by atoms with Gasteiger partial charge in [0, 0.05) is 127 Å². The summed E-state index contributed by atoms with van der Waals surface area (Å²) >= 11 is 0. The molecule has 3 amide bonds. The van der Waals surface area contributed by atoms with Crippen molar-refractivity contribution in [2.24, 2.45) is 0 Å². The molecular weight excluding hydrogens is 1230 g/mol. The van der Waals surface area contributed by atoms with Gasteiger partial charge in [0.25, 0.3) is 17.7 Å². The van der Waals surface area contributed by atoms with Gasteiger partial charge in [-0.2, -0.15) is 28.8 Å². The zero-order valence-corrected chi connectivity index (χ0v) is 54.3. The summed E-state index contributed by atoms with van der Waals surface area (Å²) in [5.74, 6) is 1.03. The maximum atomic E-state index is 13.0. The topological polar surface area (TPSA) is 356 Å². The summed E-state index contributed by atoms with van der Waals surface area (Å²) in [6.07, 6.45) is 13.7. The van der Waals surface area contributed by atoms with Crippen LogP contribution in [0.4, 0.5) is 17.5 Å². The van der Waals surface area contributed by atoms with E-state index in [1.165, 1.54) is 18.6 Å². The summed E-state index contributed by atoms with van der Waals surface area (Å²) in [4.78, 5) is 67.0. The molecule has 9 N–H and O–H groups in total. The van der Waals surface area contributed by atoms with Gasteiger partial charge in [-0.1, -0.05) is 0 Å². The molecular formula is C66H75N21O9. The second-order valence-electron chi connectivity index (χ2n) is 24.5. The monoisotopic (exact) mass is 1310 g/mol. The second-order valence-corrected chi connectivity index (χ2v) is 24.5. The highest BCUT2D eigenvalue weighted by atomic mass is 16.5. The second kappa shape index (κ2) is 26.7. The fraction of sp³-hybridized carbons (Fsp3) is 0.364. The predicted molar refractivity (Wildman–Crippen MR) is 359 cm³/mol. The molecule has 6 atom stereocenters. The molecule has 3 saturated heterocycles. The first-order chi connectivity index (χ1) is 46.4. The highest BCUT2D eigenvalue weighted by Gasteiger charge is 2.33. The van der Waals surface area contributed by atoms with Gasteiger partial charge in [-0.3, -0.25) is 14.4 Å². The summed E-state index contributed by atoms with van der Waals surface area (Å²) in [6, 6.07) is 16.8. The van der Waals surface area contributed by atoms with Gasteiger partial charge < -0.3 is 75.1 Å². The molecule has 96 heavy (non-hydrogen) atoms. The van der Waals surface area contributed by atoms with E-state index in [2.05, 4.69) is 117 Å². The van der Waals surface area contributed by atoms with Gasteiger partial charge >= 0.3 is 0 Å². The molecule has 0 aliphatic carbocycles. The standard InChI is InChI=1S/3C22H25N7O3/c3*1-12(2)28-9-15(13-5-4-6-24-20(13)28)16-7-19(23-3)29-21(26-16)14(8-25-29)22(31)27-17-10-32-11-18(17)30/h3*4-9,12,17-18,23,30H,10-11H2,1-3H3,(H,27,31)/t3*17-,18+/m100/s1. The zero-order valence-electron chi connectivity index (χ0n) is 54.3. The van der Waals surface area contributed by atoms with E-state index in [0.717, 1.165) is 49.8 Å². The summed E-state index contributed by atoms with van der Waals surface area (Å²) in [5, 5.41) is 63.8. The smallest absolute Gasteiger partial charge is 0.257 e. The number of pyridine rings is 3. The van der Waals surface area contributed by atoms with Crippen LogP contribution in [0.5, 0.6) is 0 Å². The van der Waals surface area contributed by atoms with Crippen LogP contribution in [0.1, 0.15) is 90.7 Å². The van der Waals surface area contributed by atoms with E-state index in [-0.39, 0.29) is 75.5 Å². The van der Waals surface area contributed by atoms with E-state index in [4.69, 9.17) is 29.2 Å². The molecule has 30 heteroatoms. The van der Waals surface area contributed by atoms with Crippen molar-refractivity contribution in [1.82, 2.24) is 88.4 Å². The molecule has 0 radical (unpaired) electrons. The number of anilines is 3. The third-order valence-corrected chi connectivity index (χ3v) is 17.3. The Morgan fingerprint density at radius 3 is 0.958 bits per heavy atom. The van der Waals surface area contributed by atoms with Crippen LogP contribution in [-0.2, 0) is 14.2 Å². The quantitative estimate of drug-likeness (QED) is 0.0605. The third-order valence-electron chi connectivity index (χ3n) is 17.3. The molecule has 12 aromatic heterocycles. The zero-order chi connectivity index (χ0) is 67.2. The average Bonchev–Trinajstić information content (AvgIpc) is 1.61. The first kappa shape index (κ1) is 64.2. The summed E-state index contributed by atoms with van der Waals surface area (Å²) in [7, 11) is 5.39. The SMILES string of the molecule is CNc1cc(-c2cn(C(C)C)c3ncccc23)nc2c(C(=O)N[C@@H]3COC[C@@H]3O)cnn12.CNc1cc(-c2cn(C(C)C)c3ncccc23)nc2c(C(=O)N[C@H]3COC[C@H]3O)cnn12.CNc1cc(-c2cn(C(C)C)c3ncccc23)nc2c(C(=O)N[C@H]3COC[C@H]3O)cnn12. The Morgan fingerprint density at radius 1 is 0.438 bits per heavy atom. The first-order valence-corrected chi connectivity index (χ1v) is 31.7. The number of fused-ring (bicyclic) bond motifs is 6. The van der Waals surface area contributed by atoms with E-state index < -0.39 is 36.4 Å². The number of carbonyl (C=O) groups excluding carboxylic acids is 3. The molecule has 0 unspecified atom stereocenters. The maximum absolute atomic E-state index is 13.0. The molecule has 3 aliphatic rings. The Kier molecular flexibility index (Phi) is 17.9. The van der Waals surface area contributed by atoms with Crippen molar-refractivity contribution < 1.29 is 43.9 Å². The molecule has 3 fully saturated rings. The predicted octanol–water partition coefficient (Wildman–Crippen LogP) is 5.57. The first-order valence-electron chi connectivity index (χ1n) is 31.7. The Hall–Kier alpha value is -10.5. The molecule has 12 aromatic rings. The number of ether oxygens (including phenoxy) is 3. The molecule has 498 valence electrons. The number of amides is 3. The van der Waals surface area contributed by atoms with Crippen LogP contribution < -0.4 is 31.9 Å². The third kappa shape index (κ3) is 12.0. The van der Waals surface area contributed by atoms with Crippen LogP contribution in [0, 0.1) is 0 Å².